The van der Waals surface area contributed by atoms with Crippen molar-refractivity contribution in [3.8, 4) is 33.8 Å². The van der Waals surface area contributed by atoms with Crippen molar-refractivity contribution >= 4 is 22.1 Å². The normalized spacial score (nSPS) is 10.9. The van der Waals surface area contributed by atoms with Gasteiger partial charge in [0.2, 0.25) is 5.71 Å². The number of nitrogens with zero attached hydrogens (tertiary/aromatic N) is 3. The van der Waals surface area contributed by atoms with Gasteiger partial charge in [-0.3, -0.25) is 0 Å². The fourth-order valence-electron chi connectivity index (χ4n) is 5.80. The van der Waals surface area contributed by atoms with Crippen LogP contribution >= 0.6 is 0 Å². The summed E-state index contributed by atoms with van der Waals surface area (Å²) >= 11 is 0. The summed E-state index contributed by atoms with van der Waals surface area (Å²) in [6.45, 7) is 8.70. The first kappa shape index (κ1) is 32.0. The zero-order chi connectivity index (χ0) is 30.5. The standard InChI is InChI=1S/C29H27N2O.C11H8N.Ir/c1-5-20(6-2)21-13-15-25(30-17-21)24-12-8-11-22-23-14-16-26(31-29(23)32-28(22)24)27-18(3)9-7-10-19(27)4;1-2-6-10(7-3-1)11-8-4-5-9-12-11;/h7-11,13-17,20H,5-6H2,1-4H3;1-6,8-9H;/q2*-1;. The summed E-state index contributed by atoms with van der Waals surface area (Å²) in [6, 6.07) is 39.0. The van der Waals surface area contributed by atoms with Gasteiger partial charge in [0, 0.05) is 43.4 Å². The first-order valence-electron chi connectivity index (χ1n) is 15.2. The minimum Gasteiger partial charge on any atom is -0.486 e. The molecule has 4 heterocycles. The minimum atomic E-state index is 0. The topological polar surface area (TPSA) is 51.8 Å². The maximum absolute atomic E-state index is 6.32. The largest absolute Gasteiger partial charge is 0.486 e. The van der Waals surface area contributed by atoms with Gasteiger partial charge in [-0.2, -0.15) is 0 Å². The summed E-state index contributed by atoms with van der Waals surface area (Å²) in [5, 5.41) is 2.05. The number of aromatic nitrogens is 3. The number of fused-ring (bicyclic) bond motifs is 3. The predicted molar refractivity (Wildman–Crippen MR) is 180 cm³/mol. The number of pyridine rings is 3. The summed E-state index contributed by atoms with van der Waals surface area (Å²) in [7, 11) is 0. The zero-order valence-corrected chi connectivity index (χ0v) is 28.4. The molecule has 4 nitrogen and oxygen atoms in total. The summed E-state index contributed by atoms with van der Waals surface area (Å²) in [4.78, 5) is 13.9. The van der Waals surface area contributed by atoms with E-state index in [1.165, 1.54) is 22.3 Å². The number of rotatable bonds is 6. The van der Waals surface area contributed by atoms with Crippen molar-refractivity contribution in [1.82, 2.24) is 15.0 Å². The van der Waals surface area contributed by atoms with E-state index in [4.69, 9.17) is 14.4 Å². The molecule has 7 aromatic rings. The maximum Gasteiger partial charge on any atom is 0.216 e. The Kier molecular flexibility index (Phi) is 10.3. The van der Waals surface area contributed by atoms with Gasteiger partial charge in [-0.05, 0) is 78.9 Å². The Labute approximate surface area is 279 Å². The first-order valence-corrected chi connectivity index (χ1v) is 15.2. The number of benzene rings is 3. The van der Waals surface area contributed by atoms with Crippen LogP contribution in [-0.4, -0.2) is 15.0 Å². The van der Waals surface area contributed by atoms with Crippen LogP contribution in [0.25, 0.3) is 55.8 Å². The Morgan fingerprint density at radius 3 is 2.13 bits per heavy atom. The van der Waals surface area contributed by atoms with Crippen molar-refractivity contribution in [2.45, 2.75) is 46.5 Å². The van der Waals surface area contributed by atoms with Crippen LogP contribution in [0.2, 0.25) is 0 Å². The molecule has 0 saturated carbocycles. The van der Waals surface area contributed by atoms with E-state index in [1.807, 2.05) is 60.8 Å². The number of hydrogen-bond acceptors (Lipinski definition) is 4. The smallest absolute Gasteiger partial charge is 0.216 e. The third kappa shape index (κ3) is 6.80. The van der Waals surface area contributed by atoms with Gasteiger partial charge in [-0.15, -0.1) is 54.1 Å². The Morgan fingerprint density at radius 2 is 1.47 bits per heavy atom. The van der Waals surface area contributed by atoms with Crippen molar-refractivity contribution in [2.75, 3.05) is 0 Å². The second-order valence-corrected chi connectivity index (χ2v) is 11.0. The molecule has 0 saturated heterocycles. The molecule has 0 N–H and O–H groups in total. The molecule has 7 rings (SSSR count). The molecule has 0 aliphatic rings. The number of furan rings is 1. The summed E-state index contributed by atoms with van der Waals surface area (Å²) < 4.78 is 6.32. The van der Waals surface area contributed by atoms with E-state index in [-0.39, 0.29) is 20.1 Å². The molecule has 0 unspecified atom stereocenters. The second kappa shape index (κ2) is 14.6. The van der Waals surface area contributed by atoms with Crippen LogP contribution < -0.4 is 0 Å². The Bertz CT molecular complexity index is 1940. The Hall–Kier alpha value is -4.44. The molecule has 4 aromatic heterocycles. The Balaban J connectivity index is 0.000000258. The van der Waals surface area contributed by atoms with Crippen molar-refractivity contribution < 1.29 is 24.5 Å². The van der Waals surface area contributed by atoms with E-state index in [1.54, 1.807) is 6.20 Å². The van der Waals surface area contributed by atoms with Crippen LogP contribution in [-0.2, 0) is 20.1 Å². The van der Waals surface area contributed by atoms with Crippen LogP contribution in [0.3, 0.4) is 0 Å². The number of hydrogen-bond donors (Lipinski definition) is 0. The van der Waals surface area contributed by atoms with Gasteiger partial charge in [0.25, 0.3) is 0 Å². The van der Waals surface area contributed by atoms with Gasteiger partial charge in [0.15, 0.2) is 0 Å². The van der Waals surface area contributed by atoms with Gasteiger partial charge in [0.05, 0.1) is 11.3 Å². The molecule has 0 atom stereocenters. The molecule has 0 fully saturated rings. The fraction of sp³-hybridized carbons (Fsp3) is 0.175. The molecule has 0 aliphatic carbocycles. The fourth-order valence-corrected chi connectivity index (χ4v) is 5.80. The van der Waals surface area contributed by atoms with Crippen LogP contribution in [0.15, 0.2) is 114 Å². The molecule has 3 aromatic carbocycles. The molecular formula is C40H35IrN3O-2. The molecular weight excluding hydrogens is 731 g/mol. The second-order valence-electron chi connectivity index (χ2n) is 11.0. The van der Waals surface area contributed by atoms with E-state index in [9.17, 15) is 0 Å². The van der Waals surface area contributed by atoms with E-state index >= 15 is 0 Å². The van der Waals surface area contributed by atoms with Crippen LogP contribution in [0, 0.1) is 26.0 Å². The maximum atomic E-state index is 6.32. The SMILES string of the molecule is CCC(CC)c1ccc(-c2[c-]ccc3c2oc2nc(-c4c(C)cccc4C)ccc23)nc1.[Ir].[c-]1ccccc1-c1ccccn1. The molecule has 0 aliphatic heterocycles. The molecule has 0 bridgehead atoms. The van der Waals surface area contributed by atoms with Crippen LogP contribution in [0.4, 0.5) is 0 Å². The van der Waals surface area contributed by atoms with Crippen molar-refractivity contribution in [1.29, 1.82) is 0 Å². The minimum absolute atomic E-state index is 0. The quantitative estimate of drug-likeness (QED) is 0.158. The average molecular weight is 766 g/mol. The van der Waals surface area contributed by atoms with E-state index in [0.717, 1.165) is 57.4 Å². The molecule has 0 spiro atoms. The molecule has 0 amide bonds. The first-order chi connectivity index (χ1) is 21.6. The van der Waals surface area contributed by atoms with Crippen molar-refractivity contribution in [3.63, 3.8) is 0 Å². The van der Waals surface area contributed by atoms with Gasteiger partial charge >= 0.3 is 0 Å². The molecule has 227 valence electrons. The van der Waals surface area contributed by atoms with E-state index in [2.05, 4.69) is 87.3 Å². The average Bonchev–Trinajstić information content (AvgIpc) is 3.45. The van der Waals surface area contributed by atoms with E-state index in [0.29, 0.717) is 11.6 Å². The van der Waals surface area contributed by atoms with Crippen molar-refractivity contribution in [2.24, 2.45) is 0 Å². The van der Waals surface area contributed by atoms with Crippen LogP contribution in [0.1, 0.15) is 49.3 Å². The summed E-state index contributed by atoms with van der Waals surface area (Å²) in [6.07, 6.45) is 6.03. The van der Waals surface area contributed by atoms with Crippen molar-refractivity contribution in [3.05, 3.63) is 138 Å². The third-order valence-corrected chi connectivity index (χ3v) is 8.19. The van der Waals surface area contributed by atoms with E-state index < -0.39 is 0 Å². The van der Waals surface area contributed by atoms with Crippen LogP contribution in [0.5, 0.6) is 0 Å². The van der Waals surface area contributed by atoms with Gasteiger partial charge < -0.3 is 14.4 Å². The van der Waals surface area contributed by atoms with Gasteiger partial charge in [-0.1, -0.05) is 67.3 Å². The molecule has 5 heteroatoms. The predicted octanol–water partition coefficient (Wildman–Crippen LogP) is 10.6. The third-order valence-electron chi connectivity index (χ3n) is 8.19. The summed E-state index contributed by atoms with van der Waals surface area (Å²) in [5.41, 5.74) is 11.0. The summed E-state index contributed by atoms with van der Waals surface area (Å²) in [5.74, 6) is 0.551. The van der Waals surface area contributed by atoms with Gasteiger partial charge in [-0.25, -0.2) is 4.98 Å². The Morgan fingerprint density at radius 1 is 0.689 bits per heavy atom. The molecule has 1 radical (unpaired) electrons. The monoisotopic (exact) mass is 766 g/mol. The van der Waals surface area contributed by atoms with Gasteiger partial charge in [0.1, 0.15) is 0 Å². The zero-order valence-electron chi connectivity index (χ0n) is 26.0. The molecule has 45 heavy (non-hydrogen) atoms. The number of aryl methyl sites for hydroxylation is 2.